The highest BCUT2D eigenvalue weighted by Gasteiger charge is 2.22. The smallest absolute Gasteiger partial charge is 0.251 e. The fraction of sp³-hybridized carbons (Fsp3) is 0.107. The van der Waals surface area contributed by atoms with Gasteiger partial charge >= 0.3 is 0 Å². The second-order valence-electron chi connectivity index (χ2n) is 7.87. The van der Waals surface area contributed by atoms with Gasteiger partial charge in [-0.25, -0.2) is 9.37 Å². The van der Waals surface area contributed by atoms with Crippen LogP contribution in [0.4, 0.5) is 10.2 Å². The quantitative estimate of drug-likeness (QED) is 0.308. The van der Waals surface area contributed by atoms with E-state index in [0.29, 0.717) is 12.2 Å². The van der Waals surface area contributed by atoms with E-state index >= 15 is 0 Å². The van der Waals surface area contributed by atoms with Crippen LogP contribution in [0.3, 0.4) is 0 Å². The Balaban J connectivity index is 1.42. The molecule has 0 fully saturated rings. The number of thioether (sulfide) groups is 1. The van der Waals surface area contributed by atoms with Gasteiger partial charge < -0.3 is 10.6 Å². The first-order chi connectivity index (χ1) is 17.1. The molecule has 7 heteroatoms. The van der Waals surface area contributed by atoms with Crippen molar-refractivity contribution >= 4 is 29.4 Å². The summed E-state index contributed by atoms with van der Waals surface area (Å²) >= 11 is 1.66. The van der Waals surface area contributed by atoms with Gasteiger partial charge in [0.2, 0.25) is 5.91 Å². The van der Waals surface area contributed by atoms with Gasteiger partial charge in [-0.05, 0) is 47.5 Å². The maximum Gasteiger partial charge on any atom is 0.251 e. The van der Waals surface area contributed by atoms with E-state index in [4.69, 9.17) is 0 Å². The van der Waals surface area contributed by atoms with Crippen LogP contribution >= 0.6 is 11.8 Å². The molecule has 0 unspecified atom stereocenters. The van der Waals surface area contributed by atoms with Crippen molar-refractivity contribution in [3.05, 3.63) is 126 Å². The molecule has 2 N–H and O–H groups in total. The lowest BCUT2D eigenvalue weighted by Gasteiger charge is -2.18. The van der Waals surface area contributed by atoms with Crippen LogP contribution in [-0.2, 0) is 17.0 Å². The van der Waals surface area contributed by atoms with E-state index in [9.17, 15) is 14.0 Å². The molecule has 1 heterocycles. The molecule has 0 aliphatic rings. The van der Waals surface area contributed by atoms with Crippen molar-refractivity contribution in [3.63, 3.8) is 0 Å². The number of pyridine rings is 1. The summed E-state index contributed by atoms with van der Waals surface area (Å²) in [6, 6.07) is 27.6. The SMILES string of the molecule is O=C(N[C@@H](Cc1ccccc1)C(=O)Nc1ccc(SCc2ccccc2)cn1)c1ccc(F)cc1. The molecule has 4 rings (SSSR count). The van der Waals surface area contributed by atoms with Crippen LogP contribution in [0.1, 0.15) is 21.5 Å². The summed E-state index contributed by atoms with van der Waals surface area (Å²) < 4.78 is 13.2. The molecule has 176 valence electrons. The summed E-state index contributed by atoms with van der Waals surface area (Å²) in [4.78, 5) is 31.2. The Morgan fingerprint density at radius 1 is 0.829 bits per heavy atom. The van der Waals surface area contributed by atoms with Crippen LogP contribution in [0.5, 0.6) is 0 Å². The average Bonchev–Trinajstić information content (AvgIpc) is 2.89. The predicted octanol–water partition coefficient (Wildman–Crippen LogP) is 5.49. The minimum absolute atomic E-state index is 0.273. The van der Waals surface area contributed by atoms with Gasteiger partial charge in [0.1, 0.15) is 17.7 Å². The number of carbonyl (C=O) groups is 2. The molecule has 0 radical (unpaired) electrons. The van der Waals surface area contributed by atoms with E-state index in [1.165, 1.54) is 29.8 Å². The lowest BCUT2D eigenvalue weighted by molar-refractivity contribution is -0.118. The van der Waals surface area contributed by atoms with Crippen molar-refractivity contribution in [1.82, 2.24) is 10.3 Å². The highest BCUT2D eigenvalue weighted by molar-refractivity contribution is 7.98. The zero-order chi connectivity index (χ0) is 24.5. The molecular weight excluding hydrogens is 461 g/mol. The zero-order valence-corrected chi connectivity index (χ0v) is 19.7. The second kappa shape index (κ2) is 11.9. The molecule has 4 aromatic rings. The second-order valence-corrected chi connectivity index (χ2v) is 8.91. The molecule has 2 amide bonds. The normalized spacial score (nSPS) is 11.5. The molecule has 1 atom stereocenters. The van der Waals surface area contributed by atoms with Crippen LogP contribution in [-0.4, -0.2) is 22.8 Å². The maximum atomic E-state index is 13.2. The molecule has 0 aliphatic heterocycles. The van der Waals surface area contributed by atoms with E-state index in [1.807, 2.05) is 54.6 Å². The lowest BCUT2D eigenvalue weighted by Crippen LogP contribution is -2.45. The number of hydrogen-bond donors (Lipinski definition) is 2. The Kier molecular flexibility index (Phi) is 8.25. The number of rotatable bonds is 9. The Morgan fingerprint density at radius 2 is 1.49 bits per heavy atom. The van der Waals surface area contributed by atoms with Gasteiger partial charge in [-0.1, -0.05) is 60.7 Å². The number of amides is 2. The summed E-state index contributed by atoms with van der Waals surface area (Å²) in [6.07, 6.45) is 2.01. The summed E-state index contributed by atoms with van der Waals surface area (Å²) in [5.41, 5.74) is 2.39. The standard InChI is InChI=1S/C28H24FN3O2S/c29-23-13-11-22(12-14-23)27(33)31-25(17-20-7-3-1-4-8-20)28(34)32-26-16-15-24(18-30-26)35-19-21-9-5-2-6-10-21/h1-16,18,25H,17,19H2,(H,31,33)(H,30,32,34)/t25-/m0/s1. The lowest BCUT2D eigenvalue weighted by atomic mass is 10.0. The topological polar surface area (TPSA) is 71.1 Å². The average molecular weight is 486 g/mol. The molecule has 0 bridgehead atoms. The van der Waals surface area contributed by atoms with Crippen molar-refractivity contribution in [1.29, 1.82) is 0 Å². The van der Waals surface area contributed by atoms with Crippen molar-refractivity contribution < 1.29 is 14.0 Å². The van der Waals surface area contributed by atoms with Gasteiger partial charge in [0.15, 0.2) is 0 Å². The number of hydrogen-bond acceptors (Lipinski definition) is 4. The summed E-state index contributed by atoms with van der Waals surface area (Å²) in [7, 11) is 0. The predicted molar refractivity (Wildman–Crippen MR) is 137 cm³/mol. The Bertz CT molecular complexity index is 1250. The maximum absolute atomic E-state index is 13.2. The van der Waals surface area contributed by atoms with Gasteiger partial charge in [-0.3, -0.25) is 9.59 Å². The number of nitrogens with zero attached hydrogens (tertiary/aromatic N) is 1. The fourth-order valence-electron chi connectivity index (χ4n) is 3.40. The monoisotopic (exact) mass is 485 g/mol. The van der Waals surface area contributed by atoms with E-state index in [-0.39, 0.29) is 11.5 Å². The van der Waals surface area contributed by atoms with Gasteiger partial charge in [0.05, 0.1) is 0 Å². The number of aromatic nitrogens is 1. The van der Waals surface area contributed by atoms with Crippen LogP contribution in [0.25, 0.3) is 0 Å². The minimum atomic E-state index is -0.844. The van der Waals surface area contributed by atoms with Crippen molar-refractivity contribution in [3.8, 4) is 0 Å². The molecular formula is C28H24FN3O2S. The Labute approximate surface area is 207 Å². The first kappa shape index (κ1) is 24.2. The number of halogens is 1. The summed E-state index contributed by atoms with van der Waals surface area (Å²) in [5, 5.41) is 5.56. The van der Waals surface area contributed by atoms with Gasteiger partial charge in [-0.2, -0.15) is 0 Å². The summed E-state index contributed by atoms with van der Waals surface area (Å²) in [5.74, 6) is -0.0593. The van der Waals surface area contributed by atoms with Gasteiger partial charge in [-0.15, -0.1) is 11.8 Å². The summed E-state index contributed by atoms with van der Waals surface area (Å²) in [6.45, 7) is 0. The first-order valence-electron chi connectivity index (χ1n) is 11.1. The van der Waals surface area contributed by atoms with E-state index in [0.717, 1.165) is 16.2 Å². The number of carbonyl (C=O) groups excluding carboxylic acids is 2. The van der Waals surface area contributed by atoms with Gasteiger partial charge in [0, 0.05) is 28.8 Å². The van der Waals surface area contributed by atoms with Crippen LogP contribution in [0.15, 0.2) is 108 Å². The number of nitrogens with one attached hydrogen (secondary N) is 2. The van der Waals surface area contributed by atoms with Crippen LogP contribution in [0, 0.1) is 5.82 Å². The van der Waals surface area contributed by atoms with Crippen molar-refractivity contribution in [2.75, 3.05) is 5.32 Å². The molecule has 0 aliphatic carbocycles. The third-order valence-electron chi connectivity index (χ3n) is 5.25. The van der Waals surface area contributed by atoms with E-state index < -0.39 is 17.8 Å². The van der Waals surface area contributed by atoms with Crippen molar-refractivity contribution in [2.24, 2.45) is 0 Å². The largest absolute Gasteiger partial charge is 0.340 e. The highest BCUT2D eigenvalue weighted by atomic mass is 32.2. The van der Waals surface area contributed by atoms with E-state index in [1.54, 1.807) is 24.0 Å². The molecule has 0 spiro atoms. The van der Waals surface area contributed by atoms with Crippen molar-refractivity contribution in [2.45, 2.75) is 23.1 Å². The number of benzene rings is 3. The number of anilines is 1. The fourth-order valence-corrected chi connectivity index (χ4v) is 4.21. The van der Waals surface area contributed by atoms with Crippen LogP contribution in [0.2, 0.25) is 0 Å². The van der Waals surface area contributed by atoms with Crippen LogP contribution < -0.4 is 10.6 Å². The molecule has 0 saturated heterocycles. The third-order valence-corrected chi connectivity index (χ3v) is 6.30. The van der Waals surface area contributed by atoms with E-state index in [2.05, 4.69) is 27.8 Å². The molecule has 0 saturated carbocycles. The zero-order valence-electron chi connectivity index (χ0n) is 18.9. The minimum Gasteiger partial charge on any atom is -0.340 e. The molecule has 5 nitrogen and oxygen atoms in total. The molecule has 35 heavy (non-hydrogen) atoms. The third kappa shape index (κ3) is 7.25. The Hall–Kier alpha value is -3.97. The molecule has 3 aromatic carbocycles. The molecule has 1 aromatic heterocycles. The Morgan fingerprint density at radius 3 is 2.11 bits per heavy atom. The first-order valence-corrected chi connectivity index (χ1v) is 12.1. The highest BCUT2D eigenvalue weighted by Crippen LogP contribution is 2.23. The van der Waals surface area contributed by atoms with Gasteiger partial charge in [0.25, 0.3) is 5.91 Å².